The van der Waals surface area contributed by atoms with Gasteiger partial charge in [-0.15, -0.1) is 0 Å². The average molecular weight is 256 g/mol. The van der Waals surface area contributed by atoms with E-state index in [9.17, 15) is 5.11 Å². The van der Waals surface area contributed by atoms with Crippen LogP contribution in [0.2, 0.25) is 5.15 Å². The Morgan fingerprint density at radius 2 is 1.94 bits per heavy atom. The maximum atomic E-state index is 10.3. The van der Waals surface area contributed by atoms with Gasteiger partial charge in [0.2, 0.25) is 0 Å². The third kappa shape index (κ3) is 2.38. The first kappa shape index (κ1) is 12.6. The summed E-state index contributed by atoms with van der Waals surface area (Å²) in [4.78, 5) is 10.3. The largest absolute Gasteiger partial charge is 0.389 e. The van der Waals surface area contributed by atoms with E-state index < -0.39 is 5.60 Å². The van der Waals surface area contributed by atoms with E-state index in [0.29, 0.717) is 5.15 Å². The summed E-state index contributed by atoms with van der Waals surface area (Å²) in [6.07, 6.45) is 1.47. The first-order valence-corrected chi connectivity index (χ1v) is 6.24. The van der Waals surface area contributed by atoms with Crippen molar-refractivity contribution in [3.8, 4) is 0 Å². The van der Waals surface area contributed by atoms with Crippen molar-refractivity contribution in [3.63, 3.8) is 0 Å². The highest BCUT2D eigenvalue weighted by Crippen LogP contribution is 2.33. The number of anilines is 1. The molecular weight excluding hydrogens is 238 g/mol. The minimum absolute atomic E-state index is 0.194. The van der Waals surface area contributed by atoms with Gasteiger partial charge in [0.1, 0.15) is 17.3 Å². The van der Waals surface area contributed by atoms with Crippen LogP contribution >= 0.6 is 11.6 Å². The van der Waals surface area contributed by atoms with Gasteiger partial charge in [0, 0.05) is 31.0 Å². The van der Waals surface area contributed by atoms with Crippen LogP contribution in [0.15, 0.2) is 12.4 Å². The number of piperidine rings is 1. The smallest absolute Gasteiger partial charge is 0.134 e. The minimum Gasteiger partial charge on any atom is -0.389 e. The molecule has 0 unspecified atom stereocenters. The zero-order valence-corrected chi connectivity index (χ0v) is 11.1. The summed E-state index contributed by atoms with van der Waals surface area (Å²) in [6.45, 7) is 7.60. The molecule has 94 valence electrons. The van der Waals surface area contributed by atoms with Crippen LogP contribution in [-0.2, 0) is 0 Å². The Morgan fingerprint density at radius 3 is 2.47 bits per heavy atom. The Morgan fingerprint density at radius 1 is 1.35 bits per heavy atom. The molecule has 2 rings (SSSR count). The van der Waals surface area contributed by atoms with Crippen LogP contribution < -0.4 is 4.90 Å². The maximum absolute atomic E-state index is 10.3. The fraction of sp³-hybridized carbons (Fsp3) is 0.667. The third-order valence-corrected chi connectivity index (χ3v) is 4.13. The van der Waals surface area contributed by atoms with Crippen LogP contribution in [0.1, 0.15) is 20.8 Å². The lowest BCUT2D eigenvalue weighted by atomic mass is 9.76. The van der Waals surface area contributed by atoms with Gasteiger partial charge in [0.25, 0.3) is 0 Å². The Kier molecular flexibility index (Phi) is 3.27. The van der Waals surface area contributed by atoms with Gasteiger partial charge in [-0.3, -0.25) is 0 Å². The lowest BCUT2D eigenvalue weighted by molar-refractivity contribution is -0.0504. The van der Waals surface area contributed by atoms with E-state index in [1.807, 2.05) is 6.92 Å². The molecule has 5 heteroatoms. The molecule has 1 fully saturated rings. The van der Waals surface area contributed by atoms with Crippen LogP contribution in [-0.4, -0.2) is 33.8 Å². The summed E-state index contributed by atoms with van der Waals surface area (Å²) in [5, 5.41) is 10.8. The van der Waals surface area contributed by atoms with Crippen molar-refractivity contribution in [1.82, 2.24) is 9.97 Å². The van der Waals surface area contributed by atoms with Crippen molar-refractivity contribution in [2.75, 3.05) is 18.0 Å². The monoisotopic (exact) mass is 255 g/mol. The van der Waals surface area contributed by atoms with E-state index >= 15 is 0 Å². The van der Waals surface area contributed by atoms with Gasteiger partial charge in [0.15, 0.2) is 0 Å². The average Bonchev–Trinajstić information content (AvgIpc) is 2.26. The number of aliphatic hydroxyl groups is 1. The van der Waals surface area contributed by atoms with Crippen molar-refractivity contribution in [1.29, 1.82) is 0 Å². The molecule has 1 aliphatic rings. The molecule has 0 bridgehead atoms. The van der Waals surface area contributed by atoms with Crippen molar-refractivity contribution >= 4 is 17.4 Å². The molecule has 0 amide bonds. The van der Waals surface area contributed by atoms with Gasteiger partial charge in [-0.05, 0) is 6.92 Å². The number of rotatable bonds is 1. The molecule has 2 heterocycles. The molecule has 4 nitrogen and oxygen atoms in total. The third-order valence-electron chi connectivity index (χ3n) is 3.93. The van der Waals surface area contributed by atoms with E-state index in [-0.39, 0.29) is 11.8 Å². The normalized spacial score (nSPS) is 33.8. The molecule has 17 heavy (non-hydrogen) atoms. The second-order valence-corrected chi connectivity index (χ2v) is 5.52. The first-order valence-electron chi connectivity index (χ1n) is 5.86. The summed E-state index contributed by atoms with van der Waals surface area (Å²) in [5.74, 6) is 1.22. The van der Waals surface area contributed by atoms with Gasteiger partial charge in [0.05, 0.1) is 5.60 Å². The second-order valence-electron chi connectivity index (χ2n) is 5.13. The zero-order valence-electron chi connectivity index (χ0n) is 10.4. The Bertz CT molecular complexity index is 396. The molecule has 1 N–H and O–H groups in total. The van der Waals surface area contributed by atoms with E-state index in [1.54, 1.807) is 6.07 Å². The summed E-state index contributed by atoms with van der Waals surface area (Å²) >= 11 is 5.87. The van der Waals surface area contributed by atoms with Crippen LogP contribution in [0.5, 0.6) is 0 Å². The molecule has 1 saturated heterocycles. The van der Waals surface area contributed by atoms with Crippen molar-refractivity contribution < 1.29 is 5.11 Å². The van der Waals surface area contributed by atoms with Gasteiger partial charge in [-0.1, -0.05) is 25.4 Å². The number of halogens is 1. The van der Waals surface area contributed by atoms with Gasteiger partial charge in [-0.25, -0.2) is 9.97 Å². The van der Waals surface area contributed by atoms with Crippen LogP contribution in [0.4, 0.5) is 5.82 Å². The zero-order chi connectivity index (χ0) is 12.6. The highest BCUT2D eigenvalue weighted by atomic mass is 35.5. The van der Waals surface area contributed by atoms with Crippen molar-refractivity contribution in [2.24, 2.45) is 11.8 Å². The second kappa shape index (κ2) is 4.42. The van der Waals surface area contributed by atoms with Crippen LogP contribution in [0, 0.1) is 11.8 Å². The van der Waals surface area contributed by atoms with Crippen LogP contribution in [0.25, 0.3) is 0 Å². The van der Waals surface area contributed by atoms with E-state index in [2.05, 4.69) is 28.7 Å². The quantitative estimate of drug-likeness (QED) is 0.780. The lowest BCUT2D eigenvalue weighted by Gasteiger charge is -2.46. The van der Waals surface area contributed by atoms with Gasteiger partial charge < -0.3 is 10.0 Å². The van der Waals surface area contributed by atoms with E-state index in [0.717, 1.165) is 18.9 Å². The number of nitrogens with zero attached hydrogens (tertiary/aromatic N) is 3. The summed E-state index contributed by atoms with van der Waals surface area (Å²) in [7, 11) is 0. The van der Waals surface area contributed by atoms with E-state index in [4.69, 9.17) is 11.6 Å². The summed E-state index contributed by atoms with van der Waals surface area (Å²) in [6, 6.07) is 1.76. The first-order chi connectivity index (χ1) is 7.91. The predicted octanol–water partition coefficient (Wildman–Crippen LogP) is 1.97. The van der Waals surface area contributed by atoms with Crippen molar-refractivity contribution in [3.05, 3.63) is 17.5 Å². The lowest BCUT2D eigenvalue weighted by Crippen LogP contribution is -2.55. The molecular formula is C12H18ClN3O. The van der Waals surface area contributed by atoms with Gasteiger partial charge in [-0.2, -0.15) is 0 Å². The van der Waals surface area contributed by atoms with E-state index in [1.165, 1.54) is 6.33 Å². The summed E-state index contributed by atoms with van der Waals surface area (Å²) in [5.41, 5.74) is -0.618. The number of hydrogen-bond acceptors (Lipinski definition) is 4. The Balaban J connectivity index is 2.20. The standard InChI is InChI=1S/C12H18ClN3O/c1-8-5-16(6-9(2)12(8,3)17)11-4-10(13)14-7-15-11/h4,7-9,17H,5-6H2,1-3H3/t8-,9+,12-. The number of aromatic nitrogens is 2. The minimum atomic E-state index is -0.618. The molecule has 0 aromatic carbocycles. The molecule has 1 aromatic heterocycles. The Labute approximate surface area is 107 Å². The maximum Gasteiger partial charge on any atom is 0.134 e. The molecule has 0 radical (unpaired) electrons. The SMILES string of the molecule is C[C@@H]1CN(c2cc(Cl)ncn2)C[C@H](C)[C@]1(C)O. The Hall–Kier alpha value is -0.870. The van der Waals surface area contributed by atoms with Crippen LogP contribution in [0.3, 0.4) is 0 Å². The number of hydrogen-bond donors (Lipinski definition) is 1. The molecule has 0 aliphatic carbocycles. The fourth-order valence-electron chi connectivity index (χ4n) is 2.28. The molecule has 1 aromatic rings. The molecule has 3 atom stereocenters. The predicted molar refractivity (Wildman–Crippen MR) is 68.2 cm³/mol. The molecule has 0 spiro atoms. The fourth-order valence-corrected chi connectivity index (χ4v) is 2.42. The highest BCUT2D eigenvalue weighted by molar-refractivity contribution is 6.29. The topological polar surface area (TPSA) is 49.2 Å². The van der Waals surface area contributed by atoms with Crippen molar-refractivity contribution in [2.45, 2.75) is 26.4 Å². The molecule has 1 aliphatic heterocycles. The molecule has 0 saturated carbocycles. The van der Waals surface area contributed by atoms with Gasteiger partial charge >= 0.3 is 0 Å². The summed E-state index contributed by atoms with van der Waals surface area (Å²) < 4.78 is 0. The highest BCUT2D eigenvalue weighted by Gasteiger charge is 2.40.